The Morgan fingerprint density at radius 3 is 2.43 bits per heavy atom. The summed E-state index contributed by atoms with van der Waals surface area (Å²) < 4.78 is 29.9. The number of carbonyl (C=O) groups is 1. The van der Waals surface area contributed by atoms with Crippen molar-refractivity contribution < 1.29 is 23.4 Å². The van der Waals surface area contributed by atoms with Crippen molar-refractivity contribution in [3.63, 3.8) is 0 Å². The van der Waals surface area contributed by atoms with Gasteiger partial charge >= 0.3 is 5.97 Å². The quantitative estimate of drug-likeness (QED) is 0.517. The molecule has 0 unspecified atom stereocenters. The molecular formula is C20H23FN2O4S. The molecule has 8 heteroatoms. The molecule has 0 atom stereocenters. The van der Waals surface area contributed by atoms with Gasteiger partial charge in [0.25, 0.3) is 0 Å². The number of carbonyl (C=O) groups excluding carboxylic acids is 1. The van der Waals surface area contributed by atoms with Crippen LogP contribution in [0.3, 0.4) is 0 Å². The Hall–Kier alpha value is -2.87. The third-order valence-corrected chi connectivity index (χ3v) is 4.03. The van der Waals surface area contributed by atoms with E-state index in [0.717, 1.165) is 0 Å². The minimum Gasteiger partial charge on any atom is -0.490 e. The maximum absolute atomic E-state index is 13.7. The minimum atomic E-state index is -0.521. The Morgan fingerprint density at radius 1 is 1.11 bits per heavy atom. The van der Waals surface area contributed by atoms with Gasteiger partial charge < -0.3 is 24.8 Å². The fraction of sp³-hybridized carbons (Fsp3) is 0.300. The zero-order valence-corrected chi connectivity index (χ0v) is 17.0. The standard InChI is InChI=1S/C20H23FN2O4S/c1-5-26-17-11-13(19(24)25-4)10-16(18(17)27-6-2)23-20(28)22-15-9-7-8-14(21)12(15)3/h7-11H,5-6H2,1-4H3,(H2,22,23,28). The predicted molar refractivity (Wildman–Crippen MR) is 111 cm³/mol. The summed E-state index contributed by atoms with van der Waals surface area (Å²) in [5, 5.41) is 6.15. The molecule has 2 aromatic rings. The van der Waals surface area contributed by atoms with E-state index in [1.807, 2.05) is 13.8 Å². The molecule has 0 aromatic heterocycles. The van der Waals surface area contributed by atoms with Crippen molar-refractivity contribution in [2.75, 3.05) is 31.0 Å². The van der Waals surface area contributed by atoms with Gasteiger partial charge in [-0.15, -0.1) is 0 Å². The number of benzene rings is 2. The minimum absolute atomic E-state index is 0.208. The first-order valence-electron chi connectivity index (χ1n) is 8.76. The van der Waals surface area contributed by atoms with E-state index >= 15 is 0 Å². The van der Waals surface area contributed by atoms with Gasteiger partial charge in [-0.05, 0) is 57.3 Å². The monoisotopic (exact) mass is 406 g/mol. The summed E-state index contributed by atoms with van der Waals surface area (Å²) in [7, 11) is 1.30. The highest BCUT2D eigenvalue weighted by molar-refractivity contribution is 7.80. The molecule has 0 aliphatic rings. The molecular weight excluding hydrogens is 383 g/mol. The predicted octanol–water partition coefficient (Wildman–Crippen LogP) is 4.53. The van der Waals surface area contributed by atoms with Crippen LogP contribution in [0.2, 0.25) is 0 Å². The molecule has 2 N–H and O–H groups in total. The largest absolute Gasteiger partial charge is 0.490 e. The molecule has 6 nitrogen and oxygen atoms in total. The third kappa shape index (κ3) is 5.10. The molecule has 0 radical (unpaired) electrons. The fourth-order valence-corrected chi connectivity index (χ4v) is 2.73. The van der Waals surface area contributed by atoms with Crippen LogP contribution in [0.1, 0.15) is 29.8 Å². The van der Waals surface area contributed by atoms with Crippen molar-refractivity contribution >= 4 is 34.7 Å². The summed E-state index contributed by atoms with van der Waals surface area (Å²) in [5.41, 5.74) is 1.68. The van der Waals surface area contributed by atoms with Crippen LogP contribution in [0.5, 0.6) is 11.5 Å². The van der Waals surface area contributed by atoms with E-state index < -0.39 is 5.97 Å². The molecule has 0 fully saturated rings. The van der Waals surface area contributed by atoms with Gasteiger partial charge in [-0.2, -0.15) is 0 Å². The molecule has 0 saturated heterocycles. The van der Waals surface area contributed by atoms with Crippen LogP contribution in [0.4, 0.5) is 15.8 Å². The molecule has 150 valence electrons. The van der Waals surface area contributed by atoms with Gasteiger partial charge in [-0.3, -0.25) is 0 Å². The molecule has 2 aromatic carbocycles. The number of hydrogen-bond acceptors (Lipinski definition) is 5. The van der Waals surface area contributed by atoms with Gasteiger partial charge in [-0.1, -0.05) is 6.07 Å². The maximum atomic E-state index is 13.7. The molecule has 28 heavy (non-hydrogen) atoms. The van der Waals surface area contributed by atoms with Gasteiger partial charge in [0.15, 0.2) is 16.6 Å². The van der Waals surface area contributed by atoms with E-state index in [4.69, 9.17) is 26.4 Å². The summed E-state index contributed by atoms with van der Waals surface area (Å²) in [6, 6.07) is 7.79. The van der Waals surface area contributed by atoms with Gasteiger partial charge in [-0.25, -0.2) is 9.18 Å². The summed E-state index contributed by atoms with van der Waals surface area (Å²) in [5.74, 6) is -0.0577. The molecule has 0 amide bonds. The Balaban J connectivity index is 2.38. The van der Waals surface area contributed by atoms with Crippen LogP contribution in [-0.4, -0.2) is 31.4 Å². The SMILES string of the molecule is CCOc1cc(C(=O)OC)cc(NC(=S)Nc2cccc(F)c2C)c1OCC. The Morgan fingerprint density at radius 2 is 1.79 bits per heavy atom. The molecule has 0 heterocycles. The average Bonchev–Trinajstić information content (AvgIpc) is 2.67. The van der Waals surface area contributed by atoms with Gasteiger partial charge in [0.1, 0.15) is 5.82 Å². The summed E-state index contributed by atoms with van der Waals surface area (Å²) in [6.45, 7) is 6.08. The first kappa shape index (κ1) is 21.4. The maximum Gasteiger partial charge on any atom is 0.338 e. The highest BCUT2D eigenvalue weighted by Crippen LogP contribution is 2.37. The lowest BCUT2D eigenvalue weighted by Gasteiger charge is -2.19. The smallest absolute Gasteiger partial charge is 0.338 e. The number of esters is 1. The lowest BCUT2D eigenvalue weighted by molar-refractivity contribution is 0.0600. The van der Waals surface area contributed by atoms with Crippen LogP contribution in [0.15, 0.2) is 30.3 Å². The highest BCUT2D eigenvalue weighted by Gasteiger charge is 2.18. The first-order chi connectivity index (χ1) is 13.4. The first-order valence-corrected chi connectivity index (χ1v) is 9.17. The number of rotatable bonds is 7. The van der Waals surface area contributed by atoms with E-state index in [1.54, 1.807) is 31.2 Å². The summed E-state index contributed by atoms with van der Waals surface area (Å²) in [6.07, 6.45) is 0. The van der Waals surface area contributed by atoms with Crippen molar-refractivity contribution in [1.29, 1.82) is 0 Å². The van der Waals surface area contributed by atoms with Crippen molar-refractivity contribution in [3.8, 4) is 11.5 Å². The van der Waals surface area contributed by atoms with E-state index in [-0.39, 0.29) is 16.5 Å². The van der Waals surface area contributed by atoms with Crippen molar-refractivity contribution in [2.24, 2.45) is 0 Å². The second-order valence-electron chi connectivity index (χ2n) is 5.70. The summed E-state index contributed by atoms with van der Waals surface area (Å²) >= 11 is 5.35. The molecule has 0 bridgehead atoms. The zero-order chi connectivity index (χ0) is 20.7. The zero-order valence-electron chi connectivity index (χ0n) is 16.2. The summed E-state index contributed by atoms with van der Waals surface area (Å²) in [4.78, 5) is 12.0. The van der Waals surface area contributed by atoms with Crippen LogP contribution in [0, 0.1) is 12.7 Å². The van der Waals surface area contributed by atoms with Crippen LogP contribution >= 0.6 is 12.2 Å². The Bertz CT molecular complexity index is 874. The number of thiocarbonyl (C=S) groups is 1. The van der Waals surface area contributed by atoms with E-state index in [2.05, 4.69) is 10.6 Å². The normalized spacial score (nSPS) is 10.2. The van der Waals surface area contributed by atoms with Crippen molar-refractivity contribution in [3.05, 3.63) is 47.3 Å². The molecule has 0 saturated carbocycles. The van der Waals surface area contributed by atoms with Crippen LogP contribution in [0.25, 0.3) is 0 Å². The highest BCUT2D eigenvalue weighted by atomic mass is 32.1. The second kappa shape index (κ2) is 9.89. The number of methoxy groups -OCH3 is 1. The molecule has 0 spiro atoms. The topological polar surface area (TPSA) is 68.8 Å². The van der Waals surface area contributed by atoms with Gasteiger partial charge in [0, 0.05) is 11.3 Å². The van der Waals surface area contributed by atoms with Crippen molar-refractivity contribution in [2.45, 2.75) is 20.8 Å². The lowest BCUT2D eigenvalue weighted by Crippen LogP contribution is -2.21. The van der Waals surface area contributed by atoms with Crippen LogP contribution < -0.4 is 20.1 Å². The average molecular weight is 406 g/mol. The van der Waals surface area contributed by atoms with E-state index in [0.29, 0.717) is 41.7 Å². The van der Waals surface area contributed by atoms with E-state index in [9.17, 15) is 9.18 Å². The third-order valence-electron chi connectivity index (χ3n) is 3.83. The number of nitrogens with one attached hydrogen (secondary N) is 2. The number of hydrogen-bond donors (Lipinski definition) is 2. The van der Waals surface area contributed by atoms with Crippen molar-refractivity contribution in [1.82, 2.24) is 0 Å². The number of ether oxygens (including phenoxy) is 3. The second-order valence-corrected chi connectivity index (χ2v) is 6.11. The van der Waals surface area contributed by atoms with E-state index in [1.165, 1.54) is 13.2 Å². The van der Waals surface area contributed by atoms with Gasteiger partial charge in [0.05, 0.1) is 31.6 Å². The Kier molecular flexibility index (Phi) is 7.57. The van der Waals surface area contributed by atoms with Gasteiger partial charge in [0.2, 0.25) is 0 Å². The fourth-order valence-electron chi connectivity index (χ4n) is 2.51. The van der Waals surface area contributed by atoms with Crippen LogP contribution in [-0.2, 0) is 4.74 Å². The number of halogens is 1. The Labute approximate surface area is 169 Å². The molecule has 0 aliphatic carbocycles. The number of anilines is 2. The lowest BCUT2D eigenvalue weighted by atomic mass is 10.1. The molecule has 0 aliphatic heterocycles. The molecule has 2 rings (SSSR count).